The molecule has 1 saturated heterocycles. The molecule has 33 heavy (non-hydrogen) atoms. The topological polar surface area (TPSA) is 61.4 Å². The van der Waals surface area contributed by atoms with Gasteiger partial charge in [0.25, 0.3) is 0 Å². The lowest BCUT2D eigenvalue weighted by molar-refractivity contribution is -0.126. The minimum Gasteiger partial charge on any atom is -0.356 e. The van der Waals surface area contributed by atoms with E-state index >= 15 is 0 Å². The lowest BCUT2D eigenvalue weighted by atomic mass is 10.1. The predicted molar refractivity (Wildman–Crippen MR) is 137 cm³/mol. The molecule has 2 rings (SSSR count). The average molecular weight is 458 g/mol. The molecule has 0 spiro atoms. The molecule has 1 aliphatic heterocycles. The molecule has 2 N–H and O–H groups in total. The molecular weight excluding hydrogens is 410 g/mol. The molecule has 1 aliphatic rings. The highest BCUT2D eigenvalue weighted by Gasteiger charge is 2.30. The molecule has 0 aliphatic carbocycles. The molecule has 1 aromatic rings. The van der Waals surface area contributed by atoms with E-state index in [-0.39, 0.29) is 17.9 Å². The van der Waals surface area contributed by atoms with Crippen molar-refractivity contribution in [1.82, 2.24) is 15.5 Å². The maximum absolute atomic E-state index is 12.6. The second-order valence-corrected chi connectivity index (χ2v) is 9.54. The van der Waals surface area contributed by atoms with Crippen molar-refractivity contribution >= 4 is 11.8 Å². The monoisotopic (exact) mass is 457 g/mol. The number of nitrogens with zero attached hydrogens (tertiary/aromatic N) is 1. The van der Waals surface area contributed by atoms with Crippen LogP contribution in [0.2, 0.25) is 0 Å². The van der Waals surface area contributed by atoms with Crippen LogP contribution in [0.3, 0.4) is 0 Å². The van der Waals surface area contributed by atoms with Gasteiger partial charge in [-0.25, -0.2) is 0 Å². The SMILES string of the molecule is CCCCCCCCCCCCNC(=O)CCCNC(=O)C1CCCN1Cc1ccccc1. The molecule has 1 atom stereocenters. The zero-order chi connectivity index (χ0) is 23.6. The molecule has 0 aromatic heterocycles. The minimum absolute atomic E-state index is 0.0460. The quantitative estimate of drug-likeness (QED) is 0.283. The number of likely N-dealkylation sites (tertiary alicyclic amines) is 1. The Balaban J connectivity index is 1.44. The molecule has 0 saturated carbocycles. The molecule has 1 fully saturated rings. The van der Waals surface area contributed by atoms with Gasteiger partial charge in [0.2, 0.25) is 11.8 Å². The fourth-order valence-electron chi connectivity index (χ4n) is 4.64. The Hall–Kier alpha value is -1.88. The van der Waals surface area contributed by atoms with E-state index in [4.69, 9.17) is 0 Å². The van der Waals surface area contributed by atoms with Gasteiger partial charge < -0.3 is 10.6 Å². The van der Waals surface area contributed by atoms with Crippen LogP contribution >= 0.6 is 0 Å². The van der Waals surface area contributed by atoms with E-state index in [2.05, 4.69) is 34.6 Å². The Morgan fingerprint density at radius 2 is 1.48 bits per heavy atom. The van der Waals surface area contributed by atoms with E-state index in [1.165, 1.54) is 63.4 Å². The third-order valence-electron chi connectivity index (χ3n) is 6.63. The standard InChI is InChI=1S/C28H47N3O2/c1-2-3-4-5-6-7-8-9-10-14-21-29-27(32)20-15-22-30-28(33)26-19-16-23-31(26)24-25-17-12-11-13-18-25/h11-13,17-18,26H,2-10,14-16,19-24H2,1H3,(H,29,32)(H,30,33). The van der Waals surface area contributed by atoms with Crippen molar-refractivity contribution in [2.75, 3.05) is 19.6 Å². The normalized spacial score (nSPS) is 16.1. The third-order valence-corrected chi connectivity index (χ3v) is 6.63. The van der Waals surface area contributed by atoms with Gasteiger partial charge in [-0.1, -0.05) is 95.0 Å². The maximum atomic E-state index is 12.6. The number of hydrogen-bond donors (Lipinski definition) is 2. The first-order valence-corrected chi connectivity index (χ1v) is 13.5. The first kappa shape index (κ1) is 27.4. The number of benzene rings is 1. The molecule has 186 valence electrons. The van der Waals surface area contributed by atoms with Crippen LogP contribution in [0, 0.1) is 0 Å². The summed E-state index contributed by atoms with van der Waals surface area (Å²) in [4.78, 5) is 26.9. The average Bonchev–Trinajstić information content (AvgIpc) is 3.29. The molecule has 0 bridgehead atoms. The molecule has 1 unspecified atom stereocenters. The zero-order valence-electron chi connectivity index (χ0n) is 21.0. The Morgan fingerprint density at radius 1 is 0.848 bits per heavy atom. The first-order chi connectivity index (χ1) is 16.2. The van der Waals surface area contributed by atoms with Gasteiger partial charge >= 0.3 is 0 Å². The lowest BCUT2D eigenvalue weighted by Crippen LogP contribution is -2.43. The van der Waals surface area contributed by atoms with Crippen LogP contribution in [0.25, 0.3) is 0 Å². The number of carbonyl (C=O) groups is 2. The van der Waals surface area contributed by atoms with Crippen molar-refractivity contribution in [2.24, 2.45) is 0 Å². The van der Waals surface area contributed by atoms with E-state index in [0.29, 0.717) is 19.4 Å². The third kappa shape index (κ3) is 12.2. The number of unbranched alkanes of at least 4 members (excludes halogenated alkanes) is 9. The van der Waals surface area contributed by atoms with Gasteiger partial charge in [-0.15, -0.1) is 0 Å². The molecule has 5 nitrogen and oxygen atoms in total. The number of amides is 2. The highest BCUT2D eigenvalue weighted by Crippen LogP contribution is 2.20. The van der Waals surface area contributed by atoms with E-state index in [1.54, 1.807) is 0 Å². The summed E-state index contributed by atoms with van der Waals surface area (Å²) in [5.41, 5.74) is 1.25. The van der Waals surface area contributed by atoms with Gasteiger partial charge in [0.05, 0.1) is 6.04 Å². The van der Waals surface area contributed by atoms with Crippen LogP contribution in [-0.4, -0.2) is 42.4 Å². The molecule has 1 aromatic carbocycles. The fraction of sp³-hybridized carbons (Fsp3) is 0.714. The van der Waals surface area contributed by atoms with E-state index in [0.717, 1.165) is 38.9 Å². The van der Waals surface area contributed by atoms with Crippen molar-refractivity contribution in [3.63, 3.8) is 0 Å². The summed E-state index contributed by atoms with van der Waals surface area (Å²) >= 11 is 0. The number of nitrogens with one attached hydrogen (secondary N) is 2. The molecular formula is C28H47N3O2. The van der Waals surface area contributed by atoms with Crippen molar-refractivity contribution in [2.45, 2.75) is 109 Å². The van der Waals surface area contributed by atoms with Crippen LogP contribution in [0.5, 0.6) is 0 Å². The van der Waals surface area contributed by atoms with Crippen LogP contribution in [0.4, 0.5) is 0 Å². The first-order valence-electron chi connectivity index (χ1n) is 13.5. The molecule has 0 radical (unpaired) electrons. The predicted octanol–water partition coefficient (Wildman–Crippen LogP) is 5.58. The lowest BCUT2D eigenvalue weighted by Gasteiger charge is -2.23. The van der Waals surface area contributed by atoms with E-state index < -0.39 is 0 Å². The van der Waals surface area contributed by atoms with Gasteiger partial charge in [-0.3, -0.25) is 14.5 Å². The van der Waals surface area contributed by atoms with Crippen molar-refractivity contribution in [3.8, 4) is 0 Å². The summed E-state index contributed by atoms with van der Waals surface area (Å²) in [7, 11) is 0. The Labute approximate surface area is 202 Å². The minimum atomic E-state index is -0.0460. The molecule has 2 amide bonds. The summed E-state index contributed by atoms with van der Waals surface area (Å²) in [6.07, 6.45) is 16.2. The summed E-state index contributed by atoms with van der Waals surface area (Å²) in [6, 6.07) is 10.3. The highest BCUT2D eigenvalue weighted by atomic mass is 16.2. The van der Waals surface area contributed by atoms with Gasteiger partial charge in [-0.2, -0.15) is 0 Å². The number of hydrogen-bond acceptors (Lipinski definition) is 3. The van der Waals surface area contributed by atoms with Crippen molar-refractivity contribution in [1.29, 1.82) is 0 Å². The number of carbonyl (C=O) groups excluding carboxylic acids is 2. The zero-order valence-corrected chi connectivity index (χ0v) is 21.0. The smallest absolute Gasteiger partial charge is 0.237 e. The maximum Gasteiger partial charge on any atom is 0.237 e. The largest absolute Gasteiger partial charge is 0.356 e. The van der Waals surface area contributed by atoms with E-state index in [1.807, 2.05) is 18.2 Å². The van der Waals surface area contributed by atoms with Crippen LogP contribution in [0.1, 0.15) is 102 Å². The Bertz CT molecular complexity index is 650. The van der Waals surface area contributed by atoms with Crippen molar-refractivity contribution < 1.29 is 9.59 Å². The van der Waals surface area contributed by atoms with Gasteiger partial charge in [0, 0.05) is 26.1 Å². The highest BCUT2D eigenvalue weighted by molar-refractivity contribution is 5.82. The summed E-state index contributed by atoms with van der Waals surface area (Å²) in [6.45, 7) is 5.39. The Kier molecular flexibility index (Phi) is 14.6. The van der Waals surface area contributed by atoms with Crippen LogP contribution in [0.15, 0.2) is 30.3 Å². The summed E-state index contributed by atoms with van der Waals surface area (Å²) in [5.74, 6) is 0.209. The van der Waals surface area contributed by atoms with Crippen molar-refractivity contribution in [3.05, 3.63) is 35.9 Å². The van der Waals surface area contributed by atoms with Gasteiger partial charge in [0.15, 0.2) is 0 Å². The second kappa shape index (κ2) is 17.6. The molecule has 5 heteroatoms. The summed E-state index contributed by atoms with van der Waals surface area (Å²) < 4.78 is 0. The van der Waals surface area contributed by atoms with Crippen LogP contribution < -0.4 is 10.6 Å². The van der Waals surface area contributed by atoms with Crippen LogP contribution in [-0.2, 0) is 16.1 Å². The Morgan fingerprint density at radius 3 is 2.18 bits per heavy atom. The number of rotatable bonds is 18. The van der Waals surface area contributed by atoms with E-state index in [9.17, 15) is 9.59 Å². The van der Waals surface area contributed by atoms with Gasteiger partial charge in [0.1, 0.15) is 0 Å². The van der Waals surface area contributed by atoms with Gasteiger partial charge in [-0.05, 0) is 37.8 Å². The summed E-state index contributed by atoms with van der Waals surface area (Å²) in [5, 5.41) is 6.07. The fourth-order valence-corrected chi connectivity index (χ4v) is 4.64. The second-order valence-electron chi connectivity index (χ2n) is 9.54. The molecule has 1 heterocycles.